The Bertz CT molecular complexity index is 403. The average Bonchev–Trinajstić information content (AvgIpc) is 2.17. The molecule has 1 aromatic carbocycles. The number of carboxylic acid groups (broad SMARTS) is 1. The number of aromatic hydroxyl groups is 1. The minimum Gasteiger partial charge on any atom is -0.508 e. The molecule has 0 aromatic heterocycles. The van der Waals surface area contributed by atoms with Gasteiger partial charge >= 0.3 is 5.97 Å². The minimum atomic E-state index is -0.894. The lowest BCUT2D eigenvalue weighted by atomic mass is 9.79. The Labute approximate surface area is 87.3 Å². The van der Waals surface area contributed by atoms with Crippen LogP contribution in [0.3, 0.4) is 0 Å². The molecule has 80 valence electrons. The number of fused-ring (bicyclic) bond motifs is 1. The van der Waals surface area contributed by atoms with Crippen molar-refractivity contribution < 1.29 is 15.0 Å². The number of aliphatic carboxylic acids is 1. The highest BCUT2D eigenvalue weighted by Crippen LogP contribution is 2.32. The summed E-state index contributed by atoms with van der Waals surface area (Å²) in [4.78, 5) is 11.1. The van der Waals surface area contributed by atoms with Crippen molar-refractivity contribution in [2.24, 2.45) is 5.73 Å². The molecule has 2 unspecified atom stereocenters. The average molecular weight is 207 g/mol. The van der Waals surface area contributed by atoms with Gasteiger partial charge in [-0.25, -0.2) is 0 Å². The number of carbonyl (C=O) groups is 1. The van der Waals surface area contributed by atoms with Gasteiger partial charge in [0.25, 0.3) is 0 Å². The predicted octanol–water partition coefficient (Wildman–Crippen LogP) is 0.834. The molecule has 0 aliphatic heterocycles. The molecule has 0 heterocycles. The fourth-order valence-electron chi connectivity index (χ4n) is 2.15. The van der Waals surface area contributed by atoms with Gasteiger partial charge in [0.05, 0.1) is 5.92 Å². The number of aryl methyl sites for hydroxylation is 1. The lowest BCUT2D eigenvalue weighted by Crippen LogP contribution is -2.37. The lowest BCUT2D eigenvalue weighted by molar-refractivity contribution is -0.139. The molecule has 0 saturated carbocycles. The van der Waals surface area contributed by atoms with E-state index in [9.17, 15) is 9.90 Å². The summed E-state index contributed by atoms with van der Waals surface area (Å²) in [6, 6.07) is 4.45. The van der Waals surface area contributed by atoms with Gasteiger partial charge in [-0.15, -0.1) is 0 Å². The van der Waals surface area contributed by atoms with Crippen molar-refractivity contribution in [2.45, 2.75) is 24.8 Å². The van der Waals surface area contributed by atoms with Crippen molar-refractivity contribution in [3.63, 3.8) is 0 Å². The van der Waals surface area contributed by atoms with Crippen LogP contribution in [0, 0.1) is 0 Å². The number of hydrogen-bond donors (Lipinski definition) is 3. The molecule has 1 aliphatic rings. The monoisotopic (exact) mass is 207 g/mol. The molecule has 0 radical (unpaired) electrons. The van der Waals surface area contributed by atoms with E-state index in [1.807, 2.05) is 0 Å². The van der Waals surface area contributed by atoms with Gasteiger partial charge in [-0.1, -0.05) is 6.07 Å². The van der Waals surface area contributed by atoms with Crippen LogP contribution in [-0.4, -0.2) is 22.2 Å². The van der Waals surface area contributed by atoms with Gasteiger partial charge in [-0.05, 0) is 36.1 Å². The third-order valence-corrected chi connectivity index (χ3v) is 2.90. The Morgan fingerprint density at radius 3 is 2.87 bits per heavy atom. The zero-order chi connectivity index (χ0) is 11.0. The Kier molecular flexibility index (Phi) is 2.36. The van der Waals surface area contributed by atoms with Crippen LogP contribution in [0.5, 0.6) is 5.75 Å². The molecule has 4 heteroatoms. The maximum absolute atomic E-state index is 11.1. The zero-order valence-electron chi connectivity index (χ0n) is 8.18. The van der Waals surface area contributed by atoms with Crippen LogP contribution < -0.4 is 5.73 Å². The molecule has 0 fully saturated rings. The molecule has 4 N–H and O–H groups in total. The second-order valence-electron chi connectivity index (χ2n) is 3.90. The minimum absolute atomic E-state index is 0.174. The van der Waals surface area contributed by atoms with Gasteiger partial charge in [0, 0.05) is 6.04 Å². The summed E-state index contributed by atoms with van der Waals surface area (Å²) in [5, 5.41) is 18.4. The second-order valence-corrected chi connectivity index (χ2v) is 3.90. The van der Waals surface area contributed by atoms with Crippen molar-refractivity contribution in [3.05, 3.63) is 29.3 Å². The van der Waals surface area contributed by atoms with Crippen LogP contribution >= 0.6 is 0 Å². The van der Waals surface area contributed by atoms with Crippen molar-refractivity contribution in [1.82, 2.24) is 0 Å². The van der Waals surface area contributed by atoms with E-state index in [2.05, 4.69) is 0 Å². The van der Waals surface area contributed by atoms with Crippen LogP contribution in [0.1, 0.15) is 23.5 Å². The van der Waals surface area contributed by atoms with Gasteiger partial charge in [0.1, 0.15) is 5.75 Å². The zero-order valence-corrected chi connectivity index (χ0v) is 8.18. The molecule has 0 saturated heterocycles. The van der Waals surface area contributed by atoms with E-state index in [4.69, 9.17) is 10.8 Å². The molecular weight excluding hydrogens is 194 g/mol. The SMILES string of the molecule is NC1CCc2cc(O)ccc2C1C(=O)O. The van der Waals surface area contributed by atoms with Gasteiger partial charge < -0.3 is 15.9 Å². The van der Waals surface area contributed by atoms with E-state index >= 15 is 0 Å². The quantitative estimate of drug-likeness (QED) is 0.637. The van der Waals surface area contributed by atoms with Crippen molar-refractivity contribution >= 4 is 5.97 Å². The third-order valence-electron chi connectivity index (χ3n) is 2.90. The standard InChI is InChI=1S/C11H13NO3/c12-9-4-1-6-5-7(13)2-3-8(6)10(9)11(14)15/h2-3,5,9-10,13H,1,4,12H2,(H,14,15). The van der Waals surface area contributed by atoms with E-state index in [0.717, 1.165) is 17.5 Å². The van der Waals surface area contributed by atoms with Gasteiger partial charge in [0.15, 0.2) is 0 Å². The van der Waals surface area contributed by atoms with Crippen LogP contribution in [0.25, 0.3) is 0 Å². The third kappa shape index (κ3) is 1.68. The fraction of sp³-hybridized carbons (Fsp3) is 0.364. The van der Waals surface area contributed by atoms with E-state index in [1.54, 1.807) is 12.1 Å². The number of carboxylic acids is 1. The van der Waals surface area contributed by atoms with Crippen LogP contribution in [0.2, 0.25) is 0 Å². The first kappa shape index (κ1) is 9.98. The van der Waals surface area contributed by atoms with E-state index < -0.39 is 11.9 Å². The highest BCUT2D eigenvalue weighted by molar-refractivity contribution is 5.78. The Balaban J connectivity index is 2.48. The molecule has 0 bridgehead atoms. The van der Waals surface area contributed by atoms with Gasteiger partial charge in [-0.2, -0.15) is 0 Å². The van der Waals surface area contributed by atoms with Crippen molar-refractivity contribution in [3.8, 4) is 5.75 Å². The highest BCUT2D eigenvalue weighted by Gasteiger charge is 2.32. The van der Waals surface area contributed by atoms with Crippen molar-refractivity contribution in [2.75, 3.05) is 0 Å². The molecule has 4 nitrogen and oxygen atoms in total. The summed E-state index contributed by atoms with van der Waals surface area (Å²) in [6.45, 7) is 0. The lowest BCUT2D eigenvalue weighted by Gasteiger charge is -2.28. The van der Waals surface area contributed by atoms with Gasteiger partial charge in [-0.3, -0.25) is 4.79 Å². The largest absolute Gasteiger partial charge is 0.508 e. The normalized spacial score (nSPS) is 24.6. The summed E-state index contributed by atoms with van der Waals surface area (Å²) in [7, 11) is 0. The first-order valence-electron chi connectivity index (χ1n) is 4.90. The molecule has 0 spiro atoms. The number of phenolic OH excluding ortho intramolecular Hbond substituents is 1. The number of hydrogen-bond acceptors (Lipinski definition) is 3. The fourth-order valence-corrected chi connectivity index (χ4v) is 2.15. The van der Waals surface area contributed by atoms with Crippen LogP contribution in [0.4, 0.5) is 0 Å². The summed E-state index contributed by atoms with van der Waals surface area (Å²) >= 11 is 0. The first-order valence-corrected chi connectivity index (χ1v) is 4.90. The van der Waals surface area contributed by atoms with E-state index in [1.165, 1.54) is 6.07 Å². The molecular formula is C11H13NO3. The number of rotatable bonds is 1. The van der Waals surface area contributed by atoms with Gasteiger partial charge in [0.2, 0.25) is 0 Å². The topological polar surface area (TPSA) is 83.5 Å². The van der Waals surface area contributed by atoms with E-state index in [-0.39, 0.29) is 11.8 Å². The Morgan fingerprint density at radius 2 is 2.20 bits per heavy atom. The first-order chi connectivity index (χ1) is 7.09. The molecule has 15 heavy (non-hydrogen) atoms. The Morgan fingerprint density at radius 1 is 1.47 bits per heavy atom. The van der Waals surface area contributed by atoms with E-state index in [0.29, 0.717) is 6.42 Å². The smallest absolute Gasteiger partial charge is 0.312 e. The molecule has 0 amide bonds. The molecule has 2 rings (SSSR count). The molecule has 1 aliphatic carbocycles. The second kappa shape index (κ2) is 3.55. The Hall–Kier alpha value is -1.55. The molecule has 2 atom stereocenters. The predicted molar refractivity (Wildman–Crippen MR) is 54.8 cm³/mol. The van der Waals surface area contributed by atoms with Crippen LogP contribution in [-0.2, 0) is 11.2 Å². The van der Waals surface area contributed by atoms with Crippen LogP contribution in [0.15, 0.2) is 18.2 Å². The summed E-state index contributed by atoms with van der Waals surface area (Å²) in [5.41, 5.74) is 7.42. The maximum Gasteiger partial charge on any atom is 0.312 e. The number of phenols is 1. The maximum atomic E-state index is 11.1. The van der Waals surface area contributed by atoms with Crippen molar-refractivity contribution in [1.29, 1.82) is 0 Å². The molecule has 1 aromatic rings. The number of nitrogens with two attached hydrogens (primary N) is 1. The summed E-state index contributed by atoms with van der Waals surface area (Å²) in [5.74, 6) is -1.36. The summed E-state index contributed by atoms with van der Waals surface area (Å²) < 4.78 is 0. The highest BCUT2D eigenvalue weighted by atomic mass is 16.4. The summed E-state index contributed by atoms with van der Waals surface area (Å²) in [6.07, 6.45) is 1.38. The number of benzene rings is 1.